The van der Waals surface area contributed by atoms with Crippen LogP contribution in [0.15, 0.2) is 90.8 Å². The highest BCUT2D eigenvalue weighted by atomic mass is 19.1. The highest BCUT2D eigenvalue weighted by molar-refractivity contribution is 5.95. The fourth-order valence-corrected chi connectivity index (χ4v) is 2.99. The molecule has 0 saturated heterocycles. The highest BCUT2D eigenvalue weighted by Crippen LogP contribution is 2.19. The number of hydrogen-bond donors (Lipinski definition) is 4. The van der Waals surface area contributed by atoms with Crippen molar-refractivity contribution < 1.29 is 16.8 Å². The van der Waals surface area contributed by atoms with Crippen molar-refractivity contribution in [2.75, 3.05) is 12.4 Å². The number of hydrogen-bond acceptors (Lipinski definition) is 5. The van der Waals surface area contributed by atoms with Gasteiger partial charge in [-0.1, -0.05) is 42.5 Å². The Labute approximate surface area is 189 Å². The molecular weight excluding hydrogens is 407 g/mol. The minimum atomic E-state index is -0.401. The predicted molar refractivity (Wildman–Crippen MR) is 129 cm³/mol. The van der Waals surface area contributed by atoms with Gasteiger partial charge in [0.15, 0.2) is 0 Å². The van der Waals surface area contributed by atoms with Crippen molar-refractivity contribution in [3.8, 4) is 5.75 Å². The smallest absolute Gasteiger partial charge is 0.251 e. The first-order chi connectivity index (χ1) is 15.5. The first-order valence-electron chi connectivity index (χ1n) is 9.92. The Bertz CT molecular complexity index is 1150. The number of benzene rings is 3. The molecule has 0 saturated carbocycles. The molecule has 168 valence electrons. The molecule has 3 rings (SSSR count). The summed E-state index contributed by atoms with van der Waals surface area (Å²) in [7, 11) is 1.45. The molecule has 32 heavy (non-hydrogen) atoms. The van der Waals surface area contributed by atoms with Crippen LogP contribution in [0.4, 0.5) is 10.1 Å². The Morgan fingerprint density at radius 3 is 2.50 bits per heavy atom. The predicted octanol–water partition coefficient (Wildman–Crippen LogP) is 4.47. The van der Waals surface area contributed by atoms with Crippen molar-refractivity contribution in [3.63, 3.8) is 0 Å². The summed E-state index contributed by atoms with van der Waals surface area (Å²) in [6, 6.07) is 20.6. The van der Waals surface area contributed by atoms with Crippen molar-refractivity contribution in [3.05, 3.63) is 113 Å². The van der Waals surface area contributed by atoms with E-state index in [0.29, 0.717) is 34.1 Å². The minimum Gasteiger partial charge on any atom is -0.496 e. The number of nitrogens with two attached hydrogens (primary N) is 2. The zero-order valence-corrected chi connectivity index (χ0v) is 17.6. The average Bonchev–Trinajstić information content (AvgIpc) is 2.82. The van der Waals surface area contributed by atoms with E-state index < -0.39 is 5.82 Å². The monoisotopic (exact) mass is 436 g/mol. The molecule has 0 radical (unpaired) electrons. The van der Waals surface area contributed by atoms with E-state index in [1.54, 1.807) is 42.5 Å². The number of nitrogens with one attached hydrogen (secondary N) is 2. The topological polar surface area (TPSA) is 102 Å². The normalized spacial score (nSPS) is 11.7. The molecule has 0 aromatic heterocycles. The maximum Gasteiger partial charge on any atom is 0.251 e. The van der Waals surface area contributed by atoms with Crippen molar-refractivity contribution in [2.24, 2.45) is 11.5 Å². The third-order valence-corrected chi connectivity index (χ3v) is 4.65. The number of allylic oxidation sites excluding steroid dienone is 2. The van der Waals surface area contributed by atoms with E-state index in [1.165, 1.54) is 19.2 Å². The van der Waals surface area contributed by atoms with Crippen LogP contribution in [0.25, 0.3) is 5.70 Å². The summed E-state index contributed by atoms with van der Waals surface area (Å²) in [6.07, 6.45) is 3.38. The standard InChI is InChI=1S/C25H25FN4O2.2H2/c1-32-23-15-20(26)11-10-19(23)16-29-25(31)18-8-5-9-21(14-18)30-24(28)13-12-22(27)17-6-3-2-4-7-17;;/h2-15,30H,16,27-28H2,1H3,(H,29,31);2*1H/b22-12-,24-13+;;. The Morgan fingerprint density at radius 2 is 1.75 bits per heavy atom. The number of anilines is 1. The van der Waals surface area contributed by atoms with Crippen LogP contribution >= 0.6 is 0 Å². The lowest BCUT2D eigenvalue weighted by Gasteiger charge is -2.11. The quantitative estimate of drug-likeness (QED) is 0.390. The van der Waals surface area contributed by atoms with Gasteiger partial charge in [-0.2, -0.15) is 0 Å². The summed E-state index contributed by atoms with van der Waals surface area (Å²) in [5, 5.41) is 5.85. The SMILES string of the molecule is COc1cc(F)ccc1CNC(=O)c1cccc(N/C(N)=C/C=C(\N)c2ccccc2)c1.[HH].[HH]. The van der Waals surface area contributed by atoms with Gasteiger partial charge in [-0.3, -0.25) is 4.79 Å². The number of halogens is 1. The lowest BCUT2D eigenvalue weighted by molar-refractivity contribution is 0.0950. The van der Waals surface area contributed by atoms with E-state index in [9.17, 15) is 9.18 Å². The van der Waals surface area contributed by atoms with Crippen LogP contribution in [0.5, 0.6) is 5.75 Å². The van der Waals surface area contributed by atoms with Crippen LogP contribution in [0.3, 0.4) is 0 Å². The number of methoxy groups -OCH3 is 1. The van der Waals surface area contributed by atoms with Gasteiger partial charge in [-0.05, 0) is 42.0 Å². The van der Waals surface area contributed by atoms with Crippen molar-refractivity contribution >= 4 is 17.3 Å². The van der Waals surface area contributed by atoms with Crippen LogP contribution in [0.2, 0.25) is 0 Å². The molecule has 6 N–H and O–H groups in total. The summed E-state index contributed by atoms with van der Waals surface area (Å²) in [5.41, 5.74) is 15.4. The Kier molecular flexibility index (Phi) is 7.48. The fraction of sp³-hybridized carbons (Fsp3) is 0.0800. The second-order valence-electron chi connectivity index (χ2n) is 6.95. The number of rotatable bonds is 8. The van der Waals surface area contributed by atoms with Crippen molar-refractivity contribution in [1.29, 1.82) is 0 Å². The van der Waals surface area contributed by atoms with Gasteiger partial charge in [0.25, 0.3) is 5.91 Å². The van der Waals surface area contributed by atoms with Gasteiger partial charge in [0, 0.05) is 38.0 Å². The lowest BCUT2D eigenvalue weighted by Crippen LogP contribution is -2.23. The molecule has 0 spiro atoms. The van der Waals surface area contributed by atoms with Crippen molar-refractivity contribution in [2.45, 2.75) is 6.54 Å². The number of ether oxygens (including phenoxy) is 1. The summed E-state index contributed by atoms with van der Waals surface area (Å²) < 4.78 is 18.5. The molecule has 0 aliphatic heterocycles. The molecule has 0 aliphatic rings. The maximum absolute atomic E-state index is 13.3. The molecule has 0 heterocycles. The Balaban J connectivity index is 0.00000289. The molecule has 0 bridgehead atoms. The summed E-state index contributed by atoms with van der Waals surface area (Å²) >= 11 is 0. The van der Waals surface area contributed by atoms with Crippen LogP contribution in [0, 0.1) is 5.82 Å². The fourth-order valence-electron chi connectivity index (χ4n) is 2.99. The summed E-state index contributed by atoms with van der Waals surface area (Å²) in [6.45, 7) is 0.200. The lowest BCUT2D eigenvalue weighted by atomic mass is 10.1. The molecule has 6 nitrogen and oxygen atoms in total. The molecule has 0 aliphatic carbocycles. The zero-order valence-electron chi connectivity index (χ0n) is 17.6. The first kappa shape index (κ1) is 22.4. The minimum absolute atomic E-state index is 0. The van der Waals surface area contributed by atoms with Gasteiger partial charge in [0.05, 0.1) is 7.11 Å². The number of carbonyl (C=O) groups is 1. The highest BCUT2D eigenvalue weighted by Gasteiger charge is 2.09. The average molecular weight is 437 g/mol. The van der Waals surface area contributed by atoms with E-state index in [-0.39, 0.29) is 15.3 Å². The van der Waals surface area contributed by atoms with E-state index >= 15 is 0 Å². The number of carbonyl (C=O) groups excluding carboxylic acids is 1. The largest absolute Gasteiger partial charge is 0.496 e. The van der Waals surface area contributed by atoms with Crippen LogP contribution in [-0.4, -0.2) is 13.0 Å². The Morgan fingerprint density at radius 1 is 1.00 bits per heavy atom. The number of amides is 1. The van der Waals surface area contributed by atoms with Gasteiger partial charge in [-0.25, -0.2) is 4.39 Å². The van der Waals surface area contributed by atoms with Gasteiger partial charge in [0.2, 0.25) is 0 Å². The Hall–Kier alpha value is -4.26. The molecule has 0 unspecified atom stereocenters. The van der Waals surface area contributed by atoms with Crippen LogP contribution in [-0.2, 0) is 6.54 Å². The van der Waals surface area contributed by atoms with Gasteiger partial charge in [0.1, 0.15) is 17.4 Å². The van der Waals surface area contributed by atoms with E-state index in [0.717, 1.165) is 5.56 Å². The third kappa shape index (κ3) is 6.12. The second kappa shape index (κ2) is 10.7. The van der Waals surface area contributed by atoms with Gasteiger partial charge >= 0.3 is 0 Å². The van der Waals surface area contributed by atoms with E-state index in [2.05, 4.69) is 10.6 Å². The molecule has 0 fully saturated rings. The molecule has 3 aromatic rings. The summed E-state index contributed by atoms with van der Waals surface area (Å²) in [5.74, 6) is 0.0662. The van der Waals surface area contributed by atoms with Gasteiger partial charge < -0.3 is 26.8 Å². The molecule has 0 atom stereocenters. The van der Waals surface area contributed by atoms with Crippen molar-refractivity contribution in [1.82, 2.24) is 5.32 Å². The molecule has 3 aromatic carbocycles. The van der Waals surface area contributed by atoms with Crippen LogP contribution in [0.1, 0.15) is 24.3 Å². The van der Waals surface area contributed by atoms with Gasteiger partial charge in [-0.15, -0.1) is 0 Å². The van der Waals surface area contributed by atoms with E-state index in [1.807, 2.05) is 30.3 Å². The molecular formula is C25H29FN4O2. The van der Waals surface area contributed by atoms with Crippen LogP contribution < -0.4 is 26.8 Å². The zero-order chi connectivity index (χ0) is 22.9. The maximum atomic E-state index is 13.3. The van der Waals surface area contributed by atoms with E-state index in [4.69, 9.17) is 16.2 Å². The third-order valence-electron chi connectivity index (χ3n) is 4.65. The second-order valence-corrected chi connectivity index (χ2v) is 6.95. The molecule has 1 amide bonds. The summed E-state index contributed by atoms with van der Waals surface area (Å²) in [4.78, 5) is 12.6. The first-order valence-corrected chi connectivity index (χ1v) is 9.92. The molecule has 7 heteroatoms.